The van der Waals surface area contributed by atoms with Gasteiger partial charge in [0.15, 0.2) is 11.0 Å². The largest absolute Gasteiger partial charge is 0.495 e. The molecule has 9 heteroatoms. The van der Waals surface area contributed by atoms with Gasteiger partial charge in [0.1, 0.15) is 5.75 Å². The summed E-state index contributed by atoms with van der Waals surface area (Å²) in [5, 5.41) is 14.3. The summed E-state index contributed by atoms with van der Waals surface area (Å²) in [6.07, 6.45) is 0. The molecule has 0 unspecified atom stereocenters. The lowest BCUT2D eigenvalue weighted by Crippen LogP contribution is -2.24. The van der Waals surface area contributed by atoms with Crippen molar-refractivity contribution >= 4 is 44.9 Å². The molecule has 0 spiro atoms. The van der Waals surface area contributed by atoms with Crippen LogP contribution in [0.15, 0.2) is 75.7 Å². The minimum Gasteiger partial charge on any atom is -0.495 e. The van der Waals surface area contributed by atoms with Crippen LogP contribution in [-0.2, 0) is 12.3 Å². The average molecular weight is 515 g/mol. The maximum Gasteiger partial charge on any atom is 0.261 e. The van der Waals surface area contributed by atoms with Gasteiger partial charge in [-0.15, -0.1) is 21.5 Å². The monoisotopic (exact) mass is 514 g/mol. The maximum atomic E-state index is 12.4. The van der Waals surface area contributed by atoms with Gasteiger partial charge < -0.3 is 10.1 Å². The summed E-state index contributed by atoms with van der Waals surface area (Å²) >= 11 is 6.45. The Labute approximate surface area is 196 Å². The molecule has 1 N–H and O–H groups in total. The highest BCUT2D eigenvalue weighted by Crippen LogP contribution is 2.30. The van der Waals surface area contributed by atoms with Crippen molar-refractivity contribution in [1.82, 2.24) is 20.1 Å². The number of amides is 1. The van der Waals surface area contributed by atoms with Crippen molar-refractivity contribution in [3.63, 3.8) is 0 Å². The van der Waals surface area contributed by atoms with Crippen LogP contribution in [0.1, 0.15) is 21.1 Å². The first-order valence-electron chi connectivity index (χ1n) is 9.42. The molecule has 0 aliphatic heterocycles. The second kappa shape index (κ2) is 10.1. The number of nitrogens with zero attached hydrogens (tertiary/aromatic N) is 3. The summed E-state index contributed by atoms with van der Waals surface area (Å²) in [6, 6.07) is 19.5. The van der Waals surface area contributed by atoms with Gasteiger partial charge in [-0.3, -0.25) is 9.36 Å². The van der Waals surface area contributed by atoms with Gasteiger partial charge in [-0.2, -0.15) is 0 Å². The number of para-hydroxylation sites is 2. The van der Waals surface area contributed by atoms with E-state index in [1.807, 2.05) is 52.4 Å². The van der Waals surface area contributed by atoms with Crippen molar-refractivity contribution in [3.8, 4) is 11.4 Å². The number of aromatic nitrogens is 3. The lowest BCUT2D eigenvalue weighted by Gasteiger charge is -2.14. The highest BCUT2D eigenvalue weighted by Gasteiger charge is 2.18. The number of thioether (sulfide) groups is 1. The summed E-state index contributed by atoms with van der Waals surface area (Å²) in [5.74, 6) is 1.95. The molecule has 31 heavy (non-hydrogen) atoms. The molecule has 0 radical (unpaired) electrons. The molecule has 4 rings (SSSR count). The second-order valence-corrected chi connectivity index (χ2v) is 9.29. The van der Waals surface area contributed by atoms with Gasteiger partial charge in [0.2, 0.25) is 0 Å². The van der Waals surface area contributed by atoms with Crippen LogP contribution in [0.25, 0.3) is 5.69 Å². The van der Waals surface area contributed by atoms with E-state index in [9.17, 15) is 4.79 Å². The standard InChI is InChI=1S/C22H19BrN4O2S2/c1-29-18-6-3-2-5-17(18)27-20(13-24-21(28)19-7-4-12-30-19)25-26-22(27)31-14-15-8-10-16(23)11-9-15/h2-12H,13-14H2,1H3,(H,24,28). The van der Waals surface area contributed by atoms with Gasteiger partial charge in [-0.1, -0.05) is 58.0 Å². The fraction of sp³-hybridized carbons (Fsp3) is 0.136. The number of carbonyl (C=O) groups excluding carboxylic acids is 1. The zero-order chi connectivity index (χ0) is 21.6. The highest BCUT2D eigenvalue weighted by molar-refractivity contribution is 9.10. The third-order valence-electron chi connectivity index (χ3n) is 4.46. The van der Waals surface area contributed by atoms with Gasteiger partial charge in [0, 0.05) is 10.2 Å². The minimum atomic E-state index is -0.131. The molecule has 0 atom stereocenters. The first kappa shape index (κ1) is 21.6. The number of methoxy groups -OCH3 is 1. The van der Waals surface area contributed by atoms with E-state index in [1.165, 1.54) is 16.9 Å². The number of thiophene rings is 1. The Hall–Kier alpha value is -2.62. The second-order valence-electron chi connectivity index (χ2n) is 6.48. The summed E-state index contributed by atoms with van der Waals surface area (Å²) in [4.78, 5) is 13.1. The number of rotatable bonds is 8. The predicted molar refractivity (Wildman–Crippen MR) is 127 cm³/mol. The first-order valence-corrected chi connectivity index (χ1v) is 12.1. The molecular weight excluding hydrogens is 496 g/mol. The highest BCUT2D eigenvalue weighted by atomic mass is 79.9. The van der Waals surface area contributed by atoms with Gasteiger partial charge in [0.05, 0.1) is 24.2 Å². The van der Waals surface area contributed by atoms with Crippen LogP contribution < -0.4 is 10.1 Å². The number of nitrogens with one attached hydrogen (secondary N) is 1. The van der Waals surface area contributed by atoms with Gasteiger partial charge in [0.25, 0.3) is 5.91 Å². The Morgan fingerprint density at radius 2 is 1.94 bits per heavy atom. The van der Waals surface area contributed by atoms with Crippen LogP contribution >= 0.6 is 39.0 Å². The van der Waals surface area contributed by atoms with E-state index in [-0.39, 0.29) is 12.5 Å². The lowest BCUT2D eigenvalue weighted by molar-refractivity contribution is 0.0953. The Balaban J connectivity index is 1.61. The topological polar surface area (TPSA) is 69.0 Å². The zero-order valence-corrected chi connectivity index (χ0v) is 19.8. The van der Waals surface area contributed by atoms with Gasteiger partial charge in [-0.05, 0) is 41.3 Å². The molecule has 0 saturated heterocycles. The number of hydrogen-bond acceptors (Lipinski definition) is 6. The van der Waals surface area contributed by atoms with E-state index in [1.54, 1.807) is 24.9 Å². The van der Waals surface area contributed by atoms with Crippen molar-refractivity contribution in [2.45, 2.75) is 17.5 Å². The fourth-order valence-electron chi connectivity index (χ4n) is 2.95. The molecule has 0 aliphatic carbocycles. The summed E-state index contributed by atoms with van der Waals surface area (Å²) in [7, 11) is 1.63. The Kier molecular flexibility index (Phi) is 7.06. The van der Waals surface area contributed by atoms with E-state index >= 15 is 0 Å². The summed E-state index contributed by atoms with van der Waals surface area (Å²) in [5.41, 5.74) is 2.00. The Morgan fingerprint density at radius 3 is 2.68 bits per heavy atom. The van der Waals surface area contributed by atoms with E-state index in [2.05, 4.69) is 43.6 Å². The molecule has 6 nitrogen and oxygen atoms in total. The zero-order valence-electron chi connectivity index (χ0n) is 16.6. The lowest BCUT2D eigenvalue weighted by atomic mass is 10.2. The molecular formula is C22H19BrN4O2S2. The minimum absolute atomic E-state index is 0.131. The Bertz CT molecular complexity index is 1160. The van der Waals surface area contributed by atoms with Crippen LogP contribution in [0.5, 0.6) is 5.75 Å². The first-order chi connectivity index (χ1) is 15.2. The van der Waals surface area contributed by atoms with E-state index < -0.39 is 0 Å². The quantitative estimate of drug-likeness (QED) is 0.322. The molecule has 0 aliphatic rings. The molecule has 0 fully saturated rings. The smallest absolute Gasteiger partial charge is 0.261 e. The third-order valence-corrected chi connectivity index (χ3v) is 6.86. The third kappa shape index (κ3) is 5.17. The van der Waals surface area contributed by atoms with Crippen molar-refractivity contribution in [2.24, 2.45) is 0 Å². The molecule has 2 aromatic heterocycles. The van der Waals surface area contributed by atoms with E-state index in [4.69, 9.17) is 4.74 Å². The van der Waals surface area contributed by atoms with Crippen LogP contribution in [0.4, 0.5) is 0 Å². The molecule has 1 amide bonds. The van der Waals surface area contributed by atoms with Gasteiger partial charge in [-0.25, -0.2) is 0 Å². The maximum absolute atomic E-state index is 12.4. The molecule has 2 heterocycles. The molecule has 0 bridgehead atoms. The predicted octanol–water partition coefficient (Wildman–Crippen LogP) is 5.32. The molecule has 0 saturated carbocycles. The molecule has 4 aromatic rings. The van der Waals surface area contributed by atoms with Crippen molar-refractivity contribution < 1.29 is 9.53 Å². The number of carbonyl (C=O) groups is 1. The van der Waals surface area contributed by atoms with Gasteiger partial charge >= 0.3 is 0 Å². The van der Waals surface area contributed by atoms with Crippen molar-refractivity contribution in [2.75, 3.05) is 7.11 Å². The van der Waals surface area contributed by atoms with Crippen LogP contribution in [0.2, 0.25) is 0 Å². The van der Waals surface area contributed by atoms with Crippen LogP contribution in [0.3, 0.4) is 0 Å². The number of ether oxygens (including phenoxy) is 1. The molecule has 158 valence electrons. The van der Waals surface area contributed by atoms with E-state index in [0.29, 0.717) is 16.5 Å². The fourth-order valence-corrected chi connectivity index (χ4v) is 4.77. The number of halogens is 1. The summed E-state index contributed by atoms with van der Waals surface area (Å²) < 4.78 is 8.55. The average Bonchev–Trinajstić information content (AvgIpc) is 3.47. The number of hydrogen-bond donors (Lipinski definition) is 1. The number of benzene rings is 2. The van der Waals surface area contributed by atoms with Crippen molar-refractivity contribution in [1.29, 1.82) is 0 Å². The van der Waals surface area contributed by atoms with E-state index in [0.717, 1.165) is 21.1 Å². The van der Waals surface area contributed by atoms with Crippen LogP contribution in [-0.4, -0.2) is 27.8 Å². The van der Waals surface area contributed by atoms with Crippen LogP contribution in [0, 0.1) is 0 Å². The normalized spacial score (nSPS) is 10.8. The molecule has 2 aromatic carbocycles. The summed E-state index contributed by atoms with van der Waals surface area (Å²) in [6.45, 7) is 0.251. The Morgan fingerprint density at radius 1 is 1.13 bits per heavy atom. The van der Waals surface area contributed by atoms with Crippen molar-refractivity contribution in [3.05, 3.63) is 86.8 Å². The SMILES string of the molecule is COc1ccccc1-n1c(CNC(=O)c2cccs2)nnc1SCc1ccc(Br)cc1.